The number of hydrogen-bond acceptors (Lipinski definition) is 6. The molecule has 0 saturated heterocycles. The summed E-state index contributed by atoms with van der Waals surface area (Å²) < 4.78 is 5.14. The van der Waals surface area contributed by atoms with Gasteiger partial charge in [0.2, 0.25) is 5.89 Å². The molecule has 0 aliphatic heterocycles. The molecule has 0 radical (unpaired) electrons. The maximum absolute atomic E-state index is 9.22. The van der Waals surface area contributed by atoms with E-state index in [-0.39, 0.29) is 5.25 Å². The van der Waals surface area contributed by atoms with Crippen molar-refractivity contribution in [3.63, 3.8) is 0 Å². The van der Waals surface area contributed by atoms with Crippen molar-refractivity contribution in [3.05, 3.63) is 34.6 Å². The number of hydrogen-bond donors (Lipinski definition) is 0. The van der Waals surface area contributed by atoms with Gasteiger partial charge in [-0.3, -0.25) is 0 Å². The summed E-state index contributed by atoms with van der Waals surface area (Å²) in [5.41, 5.74) is 2.44. The first-order valence-corrected chi connectivity index (χ1v) is 6.74. The second-order valence-corrected chi connectivity index (χ2v) is 5.64. The highest BCUT2D eigenvalue weighted by Crippen LogP contribution is 2.35. The van der Waals surface area contributed by atoms with Crippen LogP contribution in [0.5, 0.6) is 0 Å². The van der Waals surface area contributed by atoms with E-state index in [0.717, 1.165) is 11.3 Å². The minimum Gasteiger partial charge on any atom is -0.338 e. The van der Waals surface area contributed by atoms with Crippen LogP contribution in [0.4, 0.5) is 0 Å². The first-order chi connectivity index (χ1) is 9.01. The Kier molecular flexibility index (Phi) is 3.86. The summed E-state index contributed by atoms with van der Waals surface area (Å²) >= 11 is 1.46. The Balaban J connectivity index is 2.31. The Hall–Kier alpha value is -1.87. The van der Waals surface area contributed by atoms with Crippen molar-refractivity contribution in [1.29, 1.82) is 5.26 Å². The molecule has 2 rings (SSSR count). The van der Waals surface area contributed by atoms with Crippen LogP contribution in [0, 0.1) is 32.1 Å². The van der Waals surface area contributed by atoms with E-state index in [9.17, 15) is 5.26 Å². The molecule has 0 aromatic carbocycles. The smallest absolute Gasteiger partial charge is 0.239 e. The fourth-order valence-electron chi connectivity index (χ4n) is 1.72. The molecule has 0 aliphatic rings. The van der Waals surface area contributed by atoms with Crippen LogP contribution in [0.1, 0.15) is 40.7 Å². The highest BCUT2D eigenvalue weighted by atomic mass is 32.2. The van der Waals surface area contributed by atoms with E-state index in [2.05, 4.69) is 21.2 Å². The van der Waals surface area contributed by atoms with E-state index >= 15 is 0 Å². The van der Waals surface area contributed by atoms with Gasteiger partial charge in [-0.1, -0.05) is 16.9 Å². The van der Waals surface area contributed by atoms with E-state index in [1.54, 1.807) is 6.92 Å². The van der Waals surface area contributed by atoms with Crippen LogP contribution in [0.15, 0.2) is 15.6 Å². The minimum absolute atomic E-state index is 0.0398. The minimum atomic E-state index is -0.0398. The van der Waals surface area contributed by atoms with Crippen molar-refractivity contribution in [3.8, 4) is 6.07 Å². The average molecular weight is 274 g/mol. The normalized spacial score (nSPS) is 12.2. The molecular weight excluding hydrogens is 260 g/mol. The molecule has 2 aromatic rings. The second kappa shape index (κ2) is 5.41. The van der Waals surface area contributed by atoms with Crippen LogP contribution >= 0.6 is 11.8 Å². The lowest BCUT2D eigenvalue weighted by Gasteiger charge is -2.09. The number of aryl methyl sites for hydroxylation is 3. The lowest BCUT2D eigenvalue weighted by Crippen LogP contribution is -1.97. The van der Waals surface area contributed by atoms with Crippen LogP contribution in [-0.2, 0) is 0 Å². The number of rotatable bonds is 3. The SMILES string of the molecule is Cc1cc(C)c(C#N)c(SC(C)c2nc(C)no2)n1. The molecule has 1 unspecified atom stereocenters. The molecule has 2 heterocycles. The standard InChI is InChI=1S/C13H14N4OS/c1-7-5-8(2)15-13(11(7)6-14)19-9(3)12-16-10(4)17-18-12/h5,9H,1-4H3. The van der Waals surface area contributed by atoms with Crippen LogP contribution < -0.4 is 0 Å². The third kappa shape index (κ3) is 2.93. The molecule has 5 nitrogen and oxygen atoms in total. The zero-order valence-corrected chi connectivity index (χ0v) is 12.1. The molecule has 0 fully saturated rings. The molecule has 0 saturated carbocycles. The van der Waals surface area contributed by atoms with Gasteiger partial charge in [0, 0.05) is 5.69 Å². The van der Waals surface area contributed by atoms with E-state index in [1.165, 1.54) is 11.8 Å². The van der Waals surface area contributed by atoms with E-state index in [0.29, 0.717) is 22.3 Å². The lowest BCUT2D eigenvalue weighted by molar-refractivity contribution is 0.376. The predicted octanol–water partition coefficient (Wildman–Crippen LogP) is 3.11. The summed E-state index contributed by atoms with van der Waals surface area (Å²) in [5.74, 6) is 1.16. The Bertz CT molecular complexity index is 645. The Morgan fingerprint density at radius 1 is 1.32 bits per heavy atom. The van der Waals surface area contributed by atoms with Gasteiger partial charge in [-0.2, -0.15) is 10.2 Å². The molecular formula is C13H14N4OS. The molecule has 1 atom stereocenters. The average Bonchev–Trinajstić information content (AvgIpc) is 2.75. The summed E-state index contributed by atoms with van der Waals surface area (Å²) in [6.45, 7) is 7.57. The van der Waals surface area contributed by atoms with Gasteiger partial charge >= 0.3 is 0 Å². The predicted molar refractivity (Wildman–Crippen MR) is 71.7 cm³/mol. The summed E-state index contributed by atoms with van der Waals surface area (Å²) in [4.78, 5) is 8.63. The third-order valence-corrected chi connectivity index (χ3v) is 3.68. The molecule has 19 heavy (non-hydrogen) atoms. The van der Waals surface area contributed by atoms with Gasteiger partial charge < -0.3 is 4.52 Å². The van der Waals surface area contributed by atoms with Gasteiger partial charge in [0.05, 0.1) is 10.8 Å². The number of nitrogens with zero attached hydrogens (tertiary/aromatic N) is 4. The van der Waals surface area contributed by atoms with Crippen molar-refractivity contribution in [1.82, 2.24) is 15.1 Å². The van der Waals surface area contributed by atoms with Crippen molar-refractivity contribution in [2.45, 2.75) is 38.0 Å². The number of thioether (sulfide) groups is 1. The molecule has 0 amide bonds. The van der Waals surface area contributed by atoms with Crippen molar-refractivity contribution in [2.75, 3.05) is 0 Å². The molecule has 6 heteroatoms. The Morgan fingerprint density at radius 3 is 2.63 bits per heavy atom. The van der Waals surface area contributed by atoms with Gasteiger partial charge in [0.1, 0.15) is 11.1 Å². The fraction of sp³-hybridized carbons (Fsp3) is 0.385. The van der Waals surface area contributed by atoms with Gasteiger partial charge in [0.25, 0.3) is 0 Å². The molecule has 98 valence electrons. The highest BCUT2D eigenvalue weighted by molar-refractivity contribution is 7.99. The van der Waals surface area contributed by atoms with Crippen LogP contribution in [0.25, 0.3) is 0 Å². The fourth-order valence-corrected chi connectivity index (χ4v) is 2.77. The van der Waals surface area contributed by atoms with Gasteiger partial charge in [-0.15, -0.1) is 0 Å². The molecule has 0 spiro atoms. The molecule has 0 N–H and O–H groups in total. The van der Waals surface area contributed by atoms with Gasteiger partial charge in [0.15, 0.2) is 5.82 Å². The first-order valence-electron chi connectivity index (χ1n) is 5.86. The molecule has 2 aromatic heterocycles. The van der Waals surface area contributed by atoms with Gasteiger partial charge in [-0.05, 0) is 39.3 Å². The van der Waals surface area contributed by atoms with E-state index in [1.807, 2.05) is 26.8 Å². The quantitative estimate of drug-likeness (QED) is 0.800. The number of nitriles is 1. The zero-order chi connectivity index (χ0) is 14.0. The van der Waals surface area contributed by atoms with Crippen molar-refractivity contribution >= 4 is 11.8 Å². The maximum Gasteiger partial charge on any atom is 0.239 e. The Morgan fingerprint density at radius 2 is 2.05 bits per heavy atom. The maximum atomic E-state index is 9.22. The number of pyridine rings is 1. The van der Waals surface area contributed by atoms with E-state index in [4.69, 9.17) is 4.52 Å². The molecule has 0 aliphatic carbocycles. The first kappa shape index (κ1) is 13.6. The number of aromatic nitrogens is 3. The summed E-state index contributed by atoms with van der Waals surface area (Å²) in [7, 11) is 0. The largest absolute Gasteiger partial charge is 0.338 e. The molecule has 0 bridgehead atoms. The van der Waals surface area contributed by atoms with Crippen molar-refractivity contribution < 1.29 is 4.52 Å². The summed E-state index contributed by atoms with van der Waals surface area (Å²) in [6.07, 6.45) is 0. The van der Waals surface area contributed by atoms with Crippen LogP contribution in [0.2, 0.25) is 0 Å². The lowest BCUT2D eigenvalue weighted by atomic mass is 10.1. The Labute approximate surface area is 116 Å². The summed E-state index contributed by atoms with van der Waals surface area (Å²) in [6, 6.07) is 4.11. The van der Waals surface area contributed by atoms with Crippen LogP contribution in [0.3, 0.4) is 0 Å². The third-order valence-electron chi connectivity index (χ3n) is 2.60. The van der Waals surface area contributed by atoms with Gasteiger partial charge in [-0.25, -0.2) is 4.98 Å². The van der Waals surface area contributed by atoms with E-state index < -0.39 is 0 Å². The monoisotopic (exact) mass is 274 g/mol. The summed E-state index contributed by atoms with van der Waals surface area (Å²) in [5, 5.41) is 13.7. The van der Waals surface area contributed by atoms with Crippen molar-refractivity contribution in [2.24, 2.45) is 0 Å². The topological polar surface area (TPSA) is 75.6 Å². The zero-order valence-electron chi connectivity index (χ0n) is 11.3. The highest BCUT2D eigenvalue weighted by Gasteiger charge is 2.18. The second-order valence-electron chi connectivity index (χ2n) is 4.31. The van der Waals surface area contributed by atoms with Crippen LogP contribution in [-0.4, -0.2) is 15.1 Å².